The van der Waals surface area contributed by atoms with Crippen molar-refractivity contribution in [2.24, 2.45) is 0 Å². The number of thiophene rings is 1. The van der Waals surface area contributed by atoms with Gasteiger partial charge in [0.1, 0.15) is 5.82 Å². The number of carbonyl (C=O) groups excluding carboxylic acids is 2. The Kier molecular flexibility index (Phi) is 1.77. The van der Waals surface area contributed by atoms with Gasteiger partial charge in [-0.1, -0.05) is 0 Å². The molecule has 2 rings (SSSR count). The lowest BCUT2D eigenvalue weighted by Gasteiger charge is -2.01. The van der Waals surface area contributed by atoms with E-state index in [0.29, 0.717) is 0 Å². The summed E-state index contributed by atoms with van der Waals surface area (Å²) in [6.45, 7) is 0. The first kappa shape index (κ1) is 8.18. The predicted octanol–water partition coefficient (Wildman–Crippen LogP) is 1.19. The molecule has 1 N–H and O–H groups in total. The number of amides is 2. The topological polar surface area (TPSA) is 55.4 Å². The fraction of sp³-hybridized carbons (Fsp3) is 0.143. The van der Waals surface area contributed by atoms with E-state index in [9.17, 15) is 14.0 Å². The molecule has 1 aromatic rings. The maximum atomic E-state index is 12.9. The summed E-state index contributed by atoms with van der Waals surface area (Å²) in [5.74, 6) is -1.15. The number of carbonyl (C=O) groups is 2. The van der Waals surface area contributed by atoms with Crippen LogP contribution in [0.5, 0.6) is 0 Å². The molecule has 2 heterocycles. The van der Waals surface area contributed by atoms with Gasteiger partial charge in [0.2, 0.25) is 6.10 Å². The summed E-state index contributed by atoms with van der Waals surface area (Å²) in [7, 11) is 0. The Labute approximate surface area is 76.3 Å². The van der Waals surface area contributed by atoms with E-state index in [0.717, 1.165) is 11.3 Å². The third kappa shape index (κ3) is 1.29. The smallest absolute Gasteiger partial charge is 0.415 e. The van der Waals surface area contributed by atoms with Crippen LogP contribution >= 0.6 is 11.3 Å². The maximum absolute atomic E-state index is 12.9. The monoisotopic (exact) mass is 201 g/mol. The number of cyclic esters (lactones) is 1. The molecule has 1 aliphatic heterocycles. The van der Waals surface area contributed by atoms with Gasteiger partial charge >= 0.3 is 6.09 Å². The molecule has 13 heavy (non-hydrogen) atoms. The van der Waals surface area contributed by atoms with Crippen molar-refractivity contribution in [3.8, 4) is 0 Å². The van der Waals surface area contributed by atoms with E-state index in [1.54, 1.807) is 0 Å². The summed E-state index contributed by atoms with van der Waals surface area (Å²) in [6.07, 6.45) is -1.95. The number of rotatable bonds is 1. The quantitative estimate of drug-likeness (QED) is 0.742. The number of hydrogen-bond acceptors (Lipinski definition) is 4. The lowest BCUT2D eigenvalue weighted by molar-refractivity contribution is -0.123. The maximum Gasteiger partial charge on any atom is 0.415 e. The van der Waals surface area contributed by atoms with Crippen LogP contribution in [0.4, 0.5) is 9.18 Å². The normalized spacial score (nSPS) is 21.5. The molecule has 4 nitrogen and oxygen atoms in total. The fourth-order valence-corrected chi connectivity index (χ4v) is 1.81. The number of ether oxygens (including phenoxy) is 1. The van der Waals surface area contributed by atoms with Gasteiger partial charge in [0, 0.05) is 0 Å². The molecule has 0 aliphatic carbocycles. The minimum Gasteiger partial charge on any atom is -0.430 e. The largest absolute Gasteiger partial charge is 0.430 e. The molecule has 1 aromatic heterocycles. The van der Waals surface area contributed by atoms with E-state index in [4.69, 9.17) is 0 Å². The van der Waals surface area contributed by atoms with Crippen molar-refractivity contribution < 1.29 is 18.7 Å². The third-order valence-corrected chi connectivity index (χ3v) is 2.51. The van der Waals surface area contributed by atoms with Gasteiger partial charge < -0.3 is 4.74 Å². The van der Waals surface area contributed by atoms with Gasteiger partial charge in [0.15, 0.2) is 0 Å². The Hall–Kier alpha value is -1.43. The lowest BCUT2D eigenvalue weighted by Crippen LogP contribution is -2.20. The van der Waals surface area contributed by atoms with Gasteiger partial charge in [0.05, 0.1) is 4.88 Å². The molecule has 1 aliphatic rings. The summed E-state index contributed by atoms with van der Waals surface area (Å²) < 4.78 is 17.5. The number of alkyl carbamates (subject to hydrolysis) is 1. The van der Waals surface area contributed by atoms with E-state index in [-0.39, 0.29) is 4.88 Å². The molecule has 2 amide bonds. The average molecular weight is 201 g/mol. The Bertz CT molecular complexity index is 376. The van der Waals surface area contributed by atoms with Crippen LogP contribution in [0.3, 0.4) is 0 Å². The summed E-state index contributed by atoms with van der Waals surface area (Å²) in [5, 5.41) is 3.41. The Morgan fingerprint density at radius 3 is 2.77 bits per heavy atom. The Morgan fingerprint density at radius 1 is 1.54 bits per heavy atom. The molecule has 68 valence electrons. The van der Waals surface area contributed by atoms with Crippen molar-refractivity contribution in [3.05, 3.63) is 22.1 Å². The Balaban J connectivity index is 2.32. The van der Waals surface area contributed by atoms with Crippen LogP contribution in [-0.4, -0.2) is 12.0 Å². The molecule has 0 aromatic carbocycles. The summed E-state index contributed by atoms with van der Waals surface area (Å²) in [4.78, 5) is 21.7. The molecule has 1 fully saturated rings. The molecule has 0 spiro atoms. The van der Waals surface area contributed by atoms with Crippen LogP contribution in [0, 0.1) is 5.82 Å². The minimum atomic E-state index is -1.12. The van der Waals surface area contributed by atoms with Gasteiger partial charge in [-0.3, -0.25) is 10.1 Å². The van der Waals surface area contributed by atoms with Gasteiger partial charge in [0.25, 0.3) is 5.91 Å². The van der Waals surface area contributed by atoms with E-state index in [1.807, 2.05) is 5.32 Å². The average Bonchev–Trinajstić information content (AvgIpc) is 2.58. The zero-order chi connectivity index (χ0) is 9.42. The zero-order valence-corrected chi connectivity index (χ0v) is 7.06. The first-order chi connectivity index (χ1) is 6.18. The molecule has 6 heteroatoms. The lowest BCUT2D eigenvalue weighted by atomic mass is 10.3. The van der Waals surface area contributed by atoms with Crippen molar-refractivity contribution in [3.63, 3.8) is 0 Å². The Morgan fingerprint density at radius 2 is 2.31 bits per heavy atom. The van der Waals surface area contributed by atoms with Crippen LogP contribution < -0.4 is 5.32 Å². The standard InChI is InChI=1S/C7H4FNO3S/c8-3-1-2-13-5(3)4-6(10)9-7(11)12-4/h1-2,4H,(H,9,10,11). The SMILES string of the molecule is O=C1NC(=O)C(c2sccc2F)O1. The second-order valence-corrected chi connectivity index (χ2v) is 3.36. The van der Waals surface area contributed by atoms with Crippen molar-refractivity contribution in [2.45, 2.75) is 6.10 Å². The molecule has 0 bridgehead atoms. The van der Waals surface area contributed by atoms with Gasteiger partial charge in [-0.15, -0.1) is 11.3 Å². The van der Waals surface area contributed by atoms with Crippen molar-refractivity contribution in [1.82, 2.24) is 5.32 Å². The molecular formula is C7H4FNO3S. The van der Waals surface area contributed by atoms with E-state index >= 15 is 0 Å². The van der Waals surface area contributed by atoms with Crippen molar-refractivity contribution >= 4 is 23.3 Å². The van der Waals surface area contributed by atoms with Crippen molar-refractivity contribution in [1.29, 1.82) is 0 Å². The first-order valence-electron chi connectivity index (χ1n) is 3.43. The molecule has 1 unspecified atom stereocenters. The molecule has 1 atom stereocenters. The third-order valence-electron chi connectivity index (χ3n) is 1.57. The molecular weight excluding hydrogens is 197 g/mol. The predicted molar refractivity (Wildman–Crippen MR) is 41.6 cm³/mol. The first-order valence-corrected chi connectivity index (χ1v) is 4.31. The van der Waals surface area contributed by atoms with Gasteiger partial charge in [-0.2, -0.15) is 0 Å². The number of imide groups is 1. The van der Waals surface area contributed by atoms with E-state index < -0.39 is 23.9 Å². The second kappa shape index (κ2) is 2.81. The van der Waals surface area contributed by atoms with E-state index in [1.165, 1.54) is 11.4 Å². The number of halogens is 1. The van der Waals surface area contributed by atoms with Crippen LogP contribution in [0.15, 0.2) is 11.4 Å². The van der Waals surface area contributed by atoms with Gasteiger partial charge in [-0.25, -0.2) is 9.18 Å². The highest BCUT2D eigenvalue weighted by Gasteiger charge is 2.36. The van der Waals surface area contributed by atoms with E-state index in [2.05, 4.69) is 4.74 Å². The number of hydrogen-bond donors (Lipinski definition) is 1. The molecule has 1 saturated heterocycles. The highest BCUT2D eigenvalue weighted by Crippen LogP contribution is 2.28. The second-order valence-electron chi connectivity index (χ2n) is 2.41. The molecule has 0 saturated carbocycles. The highest BCUT2D eigenvalue weighted by atomic mass is 32.1. The van der Waals surface area contributed by atoms with Crippen LogP contribution in [0.1, 0.15) is 11.0 Å². The minimum absolute atomic E-state index is 0.128. The van der Waals surface area contributed by atoms with Crippen molar-refractivity contribution in [2.75, 3.05) is 0 Å². The zero-order valence-electron chi connectivity index (χ0n) is 6.24. The van der Waals surface area contributed by atoms with Crippen LogP contribution in [0.25, 0.3) is 0 Å². The van der Waals surface area contributed by atoms with Gasteiger partial charge in [-0.05, 0) is 11.4 Å². The summed E-state index contributed by atoms with van der Waals surface area (Å²) >= 11 is 1.04. The van der Waals surface area contributed by atoms with Crippen LogP contribution in [-0.2, 0) is 9.53 Å². The summed E-state index contributed by atoms with van der Waals surface area (Å²) in [5.41, 5.74) is 0. The van der Waals surface area contributed by atoms with Crippen LogP contribution in [0.2, 0.25) is 0 Å². The fourth-order valence-electron chi connectivity index (χ4n) is 1.02. The number of nitrogens with one attached hydrogen (secondary N) is 1. The highest BCUT2D eigenvalue weighted by molar-refractivity contribution is 7.10. The summed E-state index contributed by atoms with van der Waals surface area (Å²) in [6, 6.07) is 1.22. The molecule has 0 radical (unpaired) electrons.